The second-order valence-corrected chi connectivity index (χ2v) is 8.70. The van der Waals surface area contributed by atoms with Crippen LogP contribution in [0, 0.1) is 27.7 Å². The average Bonchev–Trinajstić information content (AvgIpc) is 2.76. The number of rotatable bonds is 5. The van der Waals surface area contributed by atoms with Crippen molar-refractivity contribution in [1.29, 1.82) is 0 Å². The first-order chi connectivity index (χ1) is 15.8. The first kappa shape index (κ1) is 22.7. The van der Waals surface area contributed by atoms with Crippen LogP contribution in [0.4, 0.5) is 0 Å². The fourth-order valence-corrected chi connectivity index (χ4v) is 4.57. The Hall–Kier alpha value is -3.50. The molecule has 0 aliphatic carbocycles. The molecular formula is C28H24ClNO3. The Morgan fingerprint density at radius 2 is 1.58 bits per heavy atom. The van der Waals surface area contributed by atoms with E-state index in [0.717, 1.165) is 22.3 Å². The van der Waals surface area contributed by atoms with Crippen LogP contribution in [0.5, 0.6) is 0 Å². The number of para-hydroxylation sites is 1. The first-order valence-electron chi connectivity index (χ1n) is 10.7. The summed E-state index contributed by atoms with van der Waals surface area (Å²) in [7, 11) is 0. The van der Waals surface area contributed by atoms with Crippen LogP contribution in [0.3, 0.4) is 0 Å². The number of hydrogen-bond acceptors (Lipinski definition) is 4. The molecule has 3 aromatic carbocycles. The highest BCUT2D eigenvalue weighted by Gasteiger charge is 2.22. The second kappa shape index (κ2) is 9.16. The van der Waals surface area contributed by atoms with Gasteiger partial charge in [0, 0.05) is 21.5 Å². The van der Waals surface area contributed by atoms with Crippen LogP contribution in [0.15, 0.2) is 60.7 Å². The summed E-state index contributed by atoms with van der Waals surface area (Å²) in [5.41, 5.74) is 6.65. The van der Waals surface area contributed by atoms with Gasteiger partial charge in [-0.15, -0.1) is 0 Å². The van der Waals surface area contributed by atoms with Gasteiger partial charge >= 0.3 is 5.97 Å². The fraction of sp³-hybridized carbons (Fsp3) is 0.179. The number of nitrogens with zero attached hydrogens (tertiary/aromatic N) is 1. The van der Waals surface area contributed by atoms with Gasteiger partial charge < -0.3 is 4.74 Å². The number of benzene rings is 3. The van der Waals surface area contributed by atoms with Gasteiger partial charge in [0.05, 0.1) is 16.8 Å². The standard InChI is InChI=1S/C28H24ClNO3/c1-16-12-17(2)25(18(3)13-16)24(31)15-33-28(32)26-19(4)27(20-8-7-9-21(29)14-20)30-23-11-6-5-10-22(23)26/h5-14H,15H2,1-4H3. The topological polar surface area (TPSA) is 56.3 Å². The summed E-state index contributed by atoms with van der Waals surface area (Å²) < 4.78 is 5.55. The molecule has 0 bridgehead atoms. The number of carbonyl (C=O) groups excluding carboxylic acids is 2. The van der Waals surface area contributed by atoms with Crippen molar-refractivity contribution in [3.63, 3.8) is 0 Å². The number of aromatic nitrogens is 1. The van der Waals surface area contributed by atoms with Crippen LogP contribution in [0.1, 0.15) is 43.0 Å². The molecule has 1 aromatic heterocycles. The Bertz CT molecular complexity index is 1380. The molecule has 0 atom stereocenters. The third-order valence-corrected chi connectivity index (χ3v) is 5.96. The highest BCUT2D eigenvalue weighted by molar-refractivity contribution is 6.30. The number of hydrogen-bond donors (Lipinski definition) is 0. The normalized spacial score (nSPS) is 10.9. The molecule has 4 rings (SSSR count). The summed E-state index contributed by atoms with van der Waals surface area (Å²) in [6.07, 6.45) is 0. The molecule has 0 aliphatic heterocycles. The van der Waals surface area contributed by atoms with E-state index in [1.165, 1.54) is 0 Å². The number of Topliss-reactive ketones (excluding diaryl/α,β-unsaturated/α-hetero) is 1. The number of ketones is 1. The van der Waals surface area contributed by atoms with Gasteiger partial charge in [-0.25, -0.2) is 9.78 Å². The summed E-state index contributed by atoms with van der Waals surface area (Å²) in [5, 5.41) is 1.27. The Morgan fingerprint density at radius 1 is 0.879 bits per heavy atom. The molecule has 0 N–H and O–H groups in total. The van der Waals surface area contributed by atoms with Gasteiger partial charge in [0.25, 0.3) is 0 Å². The largest absolute Gasteiger partial charge is 0.454 e. The maximum atomic E-state index is 13.3. The van der Waals surface area contributed by atoms with E-state index in [0.29, 0.717) is 38.3 Å². The second-order valence-electron chi connectivity index (χ2n) is 8.26. The minimum absolute atomic E-state index is 0.218. The van der Waals surface area contributed by atoms with Crippen molar-refractivity contribution >= 4 is 34.3 Å². The zero-order valence-electron chi connectivity index (χ0n) is 19.0. The van der Waals surface area contributed by atoms with Crippen molar-refractivity contribution in [2.45, 2.75) is 27.7 Å². The fourth-order valence-electron chi connectivity index (χ4n) is 4.38. The van der Waals surface area contributed by atoms with E-state index in [-0.39, 0.29) is 12.4 Å². The number of aryl methyl sites for hydroxylation is 3. The average molecular weight is 458 g/mol. The van der Waals surface area contributed by atoms with E-state index in [1.54, 1.807) is 6.07 Å². The summed E-state index contributed by atoms with van der Waals surface area (Å²) in [5.74, 6) is -0.769. The summed E-state index contributed by atoms with van der Waals surface area (Å²) in [6, 6.07) is 18.7. The van der Waals surface area contributed by atoms with Crippen LogP contribution in [-0.2, 0) is 4.74 Å². The Labute approximate surface area is 198 Å². The Balaban J connectivity index is 1.71. The molecule has 4 nitrogen and oxygen atoms in total. The van der Waals surface area contributed by atoms with Crippen molar-refractivity contribution in [1.82, 2.24) is 4.98 Å². The molecule has 5 heteroatoms. The van der Waals surface area contributed by atoms with E-state index in [4.69, 9.17) is 21.3 Å². The van der Waals surface area contributed by atoms with E-state index in [9.17, 15) is 9.59 Å². The van der Waals surface area contributed by atoms with Crippen LogP contribution < -0.4 is 0 Å². The van der Waals surface area contributed by atoms with Crippen molar-refractivity contribution < 1.29 is 14.3 Å². The predicted octanol–water partition coefficient (Wildman–Crippen LogP) is 6.83. The lowest BCUT2D eigenvalue weighted by atomic mass is 9.96. The smallest absolute Gasteiger partial charge is 0.339 e. The first-order valence-corrected chi connectivity index (χ1v) is 11.1. The summed E-state index contributed by atoms with van der Waals surface area (Å²) in [6.45, 7) is 7.29. The van der Waals surface area contributed by atoms with Gasteiger partial charge in [-0.3, -0.25) is 4.79 Å². The van der Waals surface area contributed by atoms with Gasteiger partial charge in [-0.05, 0) is 62.6 Å². The number of carbonyl (C=O) groups is 2. The lowest BCUT2D eigenvalue weighted by Gasteiger charge is -2.15. The molecular weight excluding hydrogens is 434 g/mol. The molecule has 0 radical (unpaired) electrons. The molecule has 0 saturated carbocycles. The van der Waals surface area contributed by atoms with Crippen molar-refractivity contribution in [3.8, 4) is 11.3 Å². The molecule has 1 heterocycles. The maximum Gasteiger partial charge on any atom is 0.339 e. The van der Waals surface area contributed by atoms with Crippen LogP contribution >= 0.6 is 11.6 Å². The van der Waals surface area contributed by atoms with Crippen molar-refractivity contribution in [2.75, 3.05) is 6.61 Å². The predicted molar refractivity (Wildman–Crippen MR) is 132 cm³/mol. The monoisotopic (exact) mass is 457 g/mol. The number of pyridine rings is 1. The van der Waals surface area contributed by atoms with E-state index in [2.05, 4.69) is 0 Å². The van der Waals surface area contributed by atoms with E-state index >= 15 is 0 Å². The molecule has 33 heavy (non-hydrogen) atoms. The lowest BCUT2D eigenvalue weighted by Crippen LogP contribution is -2.17. The molecule has 0 amide bonds. The molecule has 0 spiro atoms. The Morgan fingerprint density at radius 3 is 2.27 bits per heavy atom. The number of ether oxygens (including phenoxy) is 1. The van der Waals surface area contributed by atoms with Gasteiger partial charge in [0.1, 0.15) is 0 Å². The highest BCUT2D eigenvalue weighted by atomic mass is 35.5. The van der Waals surface area contributed by atoms with Gasteiger partial charge in [0.2, 0.25) is 5.78 Å². The SMILES string of the molecule is Cc1cc(C)c(C(=O)COC(=O)c2c(C)c(-c3cccc(Cl)c3)nc3ccccc23)c(C)c1. The summed E-state index contributed by atoms with van der Waals surface area (Å²) in [4.78, 5) is 30.9. The van der Waals surface area contributed by atoms with E-state index in [1.807, 2.05) is 82.3 Å². The maximum absolute atomic E-state index is 13.3. The zero-order chi connectivity index (χ0) is 23.7. The van der Waals surface area contributed by atoms with Crippen LogP contribution in [0.2, 0.25) is 5.02 Å². The zero-order valence-corrected chi connectivity index (χ0v) is 19.8. The van der Waals surface area contributed by atoms with Crippen LogP contribution in [-0.4, -0.2) is 23.3 Å². The minimum Gasteiger partial charge on any atom is -0.454 e. The van der Waals surface area contributed by atoms with Crippen molar-refractivity contribution in [2.24, 2.45) is 0 Å². The molecule has 0 aliphatic rings. The van der Waals surface area contributed by atoms with Gasteiger partial charge in [-0.1, -0.05) is 59.6 Å². The van der Waals surface area contributed by atoms with Crippen molar-refractivity contribution in [3.05, 3.63) is 99.1 Å². The molecule has 0 unspecified atom stereocenters. The Kier molecular flexibility index (Phi) is 6.30. The number of esters is 1. The van der Waals surface area contributed by atoms with E-state index < -0.39 is 5.97 Å². The number of halogens is 1. The molecule has 0 fully saturated rings. The van der Waals surface area contributed by atoms with Gasteiger partial charge in [-0.2, -0.15) is 0 Å². The molecule has 4 aromatic rings. The third kappa shape index (κ3) is 4.53. The van der Waals surface area contributed by atoms with Crippen LogP contribution in [0.25, 0.3) is 22.2 Å². The van der Waals surface area contributed by atoms with Gasteiger partial charge in [0.15, 0.2) is 6.61 Å². The highest BCUT2D eigenvalue weighted by Crippen LogP contribution is 2.31. The minimum atomic E-state index is -0.551. The quantitative estimate of drug-likeness (QED) is 0.243. The molecule has 166 valence electrons. The lowest BCUT2D eigenvalue weighted by molar-refractivity contribution is 0.0475. The summed E-state index contributed by atoms with van der Waals surface area (Å²) >= 11 is 6.19. The molecule has 0 saturated heterocycles. The number of fused-ring (bicyclic) bond motifs is 1. The third-order valence-electron chi connectivity index (χ3n) is 5.73.